The van der Waals surface area contributed by atoms with Crippen LogP contribution in [0, 0.1) is 5.92 Å². The van der Waals surface area contributed by atoms with Crippen molar-refractivity contribution in [2.75, 3.05) is 20.6 Å². The zero-order valence-corrected chi connectivity index (χ0v) is 19.9. The van der Waals surface area contributed by atoms with Crippen molar-refractivity contribution in [3.63, 3.8) is 0 Å². The second kappa shape index (κ2) is 10.6. The average molecular weight is 424 g/mol. The topological polar surface area (TPSA) is 61.4 Å². The maximum absolute atomic E-state index is 13.0. The van der Waals surface area contributed by atoms with E-state index >= 15 is 0 Å². The molecule has 0 saturated carbocycles. The van der Waals surface area contributed by atoms with Gasteiger partial charge in [0, 0.05) is 12.1 Å². The maximum Gasteiger partial charge on any atom is 0.251 e. The van der Waals surface area contributed by atoms with Crippen LogP contribution >= 0.6 is 0 Å². The molecule has 0 bridgehead atoms. The maximum atomic E-state index is 13.0. The minimum atomic E-state index is -0.603. The van der Waals surface area contributed by atoms with Crippen molar-refractivity contribution in [1.82, 2.24) is 15.5 Å². The average Bonchev–Trinajstić information content (AvgIpc) is 2.71. The minimum Gasteiger partial charge on any atom is -0.352 e. The summed E-state index contributed by atoms with van der Waals surface area (Å²) in [6.45, 7) is 10.8. The summed E-state index contributed by atoms with van der Waals surface area (Å²) in [5.41, 5.74) is 2.88. The first-order chi connectivity index (χ1) is 14.5. The molecule has 0 aliphatic rings. The SMILES string of the molecule is CC(C)[C@@H](NC(=O)c1ccc(C(C)(C)C)cc1)C(=O)NC[C@H](c1ccccc1)N(C)C. The summed E-state index contributed by atoms with van der Waals surface area (Å²) in [7, 11) is 3.99. The van der Waals surface area contributed by atoms with E-state index in [0.717, 1.165) is 11.1 Å². The molecule has 0 aromatic heterocycles. The lowest BCUT2D eigenvalue weighted by Gasteiger charge is -2.27. The lowest BCUT2D eigenvalue weighted by Crippen LogP contribution is -2.51. The summed E-state index contributed by atoms with van der Waals surface area (Å²) in [6.07, 6.45) is 0. The number of benzene rings is 2. The number of hydrogen-bond acceptors (Lipinski definition) is 3. The van der Waals surface area contributed by atoms with Crippen LogP contribution in [0.5, 0.6) is 0 Å². The van der Waals surface area contributed by atoms with E-state index in [9.17, 15) is 9.59 Å². The molecule has 31 heavy (non-hydrogen) atoms. The number of hydrogen-bond donors (Lipinski definition) is 2. The van der Waals surface area contributed by atoms with Crippen LogP contribution in [0.1, 0.15) is 62.1 Å². The molecule has 2 amide bonds. The van der Waals surface area contributed by atoms with Gasteiger partial charge in [0.15, 0.2) is 0 Å². The number of carbonyl (C=O) groups excluding carboxylic acids is 2. The molecule has 2 N–H and O–H groups in total. The van der Waals surface area contributed by atoms with Gasteiger partial charge in [-0.25, -0.2) is 0 Å². The summed E-state index contributed by atoms with van der Waals surface area (Å²) in [5, 5.41) is 5.95. The van der Waals surface area contributed by atoms with E-state index in [1.54, 1.807) is 0 Å². The van der Waals surface area contributed by atoms with E-state index in [-0.39, 0.29) is 29.2 Å². The largest absolute Gasteiger partial charge is 0.352 e. The second-order valence-corrected chi connectivity index (χ2v) is 9.66. The Morgan fingerprint density at radius 1 is 0.935 bits per heavy atom. The summed E-state index contributed by atoms with van der Waals surface area (Å²) in [4.78, 5) is 27.8. The van der Waals surface area contributed by atoms with Crippen molar-refractivity contribution in [2.45, 2.75) is 52.1 Å². The van der Waals surface area contributed by atoms with E-state index in [1.165, 1.54) is 0 Å². The zero-order chi connectivity index (χ0) is 23.2. The fraction of sp³-hybridized carbons (Fsp3) is 0.462. The van der Waals surface area contributed by atoms with Crippen LogP contribution in [0.4, 0.5) is 0 Å². The first-order valence-electron chi connectivity index (χ1n) is 10.9. The lowest BCUT2D eigenvalue weighted by atomic mass is 9.86. The van der Waals surface area contributed by atoms with Gasteiger partial charge in [-0.05, 0) is 48.7 Å². The predicted molar refractivity (Wildman–Crippen MR) is 127 cm³/mol. The molecule has 5 nitrogen and oxygen atoms in total. The molecule has 0 radical (unpaired) electrons. The molecule has 168 valence electrons. The van der Waals surface area contributed by atoms with Crippen LogP contribution in [-0.2, 0) is 10.2 Å². The van der Waals surface area contributed by atoms with Crippen molar-refractivity contribution >= 4 is 11.8 Å². The molecule has 0 saturated heterocycles. The van der Waals surface area contributed by atoms with Crippen molar-refractivity contribution in [1.29, 1.82) is 0 Å². The third-order valence-corrected chi connectivity index (χ3v) is 5.53. The molecule has 2 atom stereocenters. The van der Waals surface area contributed by atoms with Crippen LogP contribution in [-0.4, -0.2) is 43.4 Å². The Hall–Kier alpha value is -2.66. The Balaban J connectivity index is 2.05. The Bertz CT molecular complexity index is 852. The second-order valence-electron chi connectivity index (χ2n) is 9.66. The van der Waals surface area contributed by atoms with Gasteiger partial charge in [0.05, 0.1) is 6.04 Å². The summed E-state index contributed by atoms with van der Waals surface area (Å²) >= 11 is 0. The molecule has 0 unspecified atom stereocenters. The zero-order valence-electron chi connectivity index (χ0n) is 19.9. The van der Waals surface area contributed by atoms with Gasteiger partial charge in [0.2, 0.25) is 5.91 Å². The number of nitrogens with zero attached hydrogens (tertiary/aromatic N) is 1. The Morgan fingerprint density at radius 2 is 1.52 bits per heavy atom. The number of likely N-dealkylation sites (N-methyl/N-ethyl adjacent to an activating group) is 1. The number of nitrogens with one attached hydrogen (secondary N) is 2. The molecule has 0 fully saturated rings. The molecule has 2 aromatic carbocycles. The fourth-order valence-electron chi connectivity index (χ4n) is 3.46. The van der Waals surface area contributed by atoms with E-state index < -0.39 is 6.04 Å². The minimum absolute atomic E-state index is 0.0249. The van der Waals surface area contributed by atoms with Crippen LogP contribution < -0.4 is 10.6 Å². The molecule has 0 spiro atoms. The molecule has 2 aromatic rings. The highest BCUT2D eigenvalue weighted by Crippen LogP contribution is 2.22. The number of rotatable bonds is 8. The first kappa shape index (κ1) is 24.6. The molecule has 0 heterocycles. The van der Waals surface area contributed by atoms with Crippen molar-refractivity contribution < 1.29 is 9.59 Å². The fourth-order valence-corrected chi connectivity index (χ4v) is 3.46. The summed E-state index contributed by atoms with van der Waals surface area (Å²) in [6, 6.07) is 17.1. The smallest absolute Gasteiger partial charge is 0.251 e. The molecular formula is C26H37N3O2. The van der Waals surface area contributed by atoms with Crippen LogP contribution in [0.2, 0.25) is 0 Å². The van der Waals surface area contributed by atoms with Gasteiger partial charge in [-0.1, -0.05) is 77.1 Å². The third kappa shape index (κ3) is 6.93. The van der Waals surface area contributed by atoms with Gasteiger partial charge >= 0.3 is 0 Å². The van der Waals surface area contributed by atoms with E-state index in [1.807, 2.05) is 70.4 Å². The quantitative estimate of drug-likeness (QED) is 0.670. The number of amides is 2. The monoisotopic (exact) mass is 423 g/mol. The van der Waals surface area contributed by atoms with E-state index in [0.29, 0.717) is 12.1 Å². The van der Waals surface area contributed by atoms with Crippen molar-refractivity contribution in [3.8, 4) is 0 Å². The highest BCUT2D eigenvalue weighted by molar-refractivity contribution is 5.97. The van der Waals surface area contributed by atoms with Crippen LogP contribution in [0.25, 0.3) is 0 Å². The van der Waals surface area contributed by atoms with Gasteiger partial charge in [0.25, 0.3) is 5.91 Å². The Labute approximate surface area is 187 Å². The Kier molecular flexibility index (Phi) is 8.40. The van der Waals surface area contributed by atoms with Crippen LogP contribution in [0.15, 0.2) is 54.6 Å². The molecule has 5 heteroatoms. The predicted octanol–water partition coefficient (Wildman–Crippen LogP) is 4.16. The summed E-state index contributed by atoms with van der Waals surface area (Å²) in [5.74, 6) is -0.439. The highest BCUT2D eigenvalue weighted by Gasteiger charge is 2.26. The third-order valence-electron chi connectivity index (χ3n) is 5.53. The highest BCUT2D eigenvalue weighted by atomic mass is 16.2. The van der Waals surface area contributed by atoms with Crippen LogP contribution in [0.3, 0.4) is 0 Å². The van der Waals surface area contributed by atoms with Gasteiger partial charge in [-0.15, -0.1) is 0 Å². The Morgan fingerprint density at radius 3 is 2.00 bits per heavy atom. The van der Waals surface area contributed by atoms with Gasteiger partial charge in [-0.3, -0.25) is 9.59 Å². The molecular weight excluding hydrogens is 386 g/mol. The molecule has 2 rings (SSSR count). The summed E-state index contributed by atoms with van der Waals surface area (Å²) < 4.78 is 0. The normalized spacial score (nSPS) is 13.7. The molecule has 0 aliphatic carbocycles. The van der Waals surface area contributed by atoms with Crippen molar-refractivity contribution in [3.05, 3.63) is 71.3 Å². The standard InChI is InChI=1S/C26H37N3O2/c1-18(2)23(28-24(30)20-13-15-21(16-14-20)26(3,4)5)25(31)27-17-22(29(6)7)19-11-9-8-10-12-19/h8-16,18,22-23H,17H2,1-7H3,(H,27,31)(H,28,30)/t22-,23-/m1/s1. The van der Waals surface area contributed by atoms with Crippen molar-refractivity contribution in [2.24, 2.45) is 5.92 Å². The first-order valence-corrected chi connectivity index (χ1v) is 10.9. The lowest BCUT2D eigenvalue weighted by molar-refractivity contribution is -0.124. The van der Waals surface area contributed by atoms with Gasteiger partial charge in [0.1, 0.15) is 6.04 Å². The number of carbonyl (C=O) groups is 2. The van der Waals surface area contributed by atoms with E-state index in [4.69, 9.17) is 0 Å². The van der Waals surface area contributed by atoms with E-state index in [2.05, 4.69) is 48.4 Å². The van der Waals surface area contributed by atoms with Gasteiger partial charge in [-0.2, -0.15) is 0 Å². The van der Waals surface area contributed by atoms with Gasteiger partial charge < -0.3 is 15.5 Å². The molecule has 0 aliphatic heterocycles.